The predicted molar refractivity (Wildman–Crippen MR) is 77.1 cm³/mol. The number of carbonyl (C=O) groups excluding carboxylic acids is 1. The molecule has 1 aromatic heterocycles. The SMILES string of the molecule is Nc1ncc(/C=C/C(=O)NCc2ccc(O)cc2O)cn1. The number of nitrogens with zero attached hydrogens (tertiary/aromatic N) is 2. The molecular formula is C14H14N4O3. The second-order valence-corrected chi connectivity index (χ2v) is 4.24. The molecule has 0 atom stereocenters. The highest BCUT2D eigenvalue weighted by Gasteiger charge is 2.03. The van der Waals surface area contributed by atoms with Gasteiger partial charge >= 0.3 is 0 Å². The second kappa shape index (κ2) is 6.38. The van der Waals surface area contributed by atoms with Crippen LogP contribution in [0.1, 0.15) is 11.1 Å². The summed E-state index contributed by atoms with van der Waals surface area (Å²) in [5, 5.41) is 21.4. The molecule has 7 heteroatoms. The highest BCUT2D eigenvalue weighted by atomic mass is 16.3. The minimum absolute atomic E-state index is 0.0363. The summed E-state index contributed by atoms with van der Waals surface area (Å²) < 4.78 is 0. The van der Waals surface area contributed by atoms with Crippen molar-refractivity contribution < 1.29 is 15.0 Å². The van der Waals surface area contributed by atoms with Gasteiger partial charge in [-0.15, -0.1) is 0 Å². The number of benzene rings is 1. The van der Waals surface area contributed by atoms with E-state index < -0.39 is 0 Å². The van der Waals surface area contributed by atoms with E-state index in [-0.39, 0.29) is 29.9 Å². The molecule has 0 unspecified atom stereocenters. The van der Waals surface area contributed by atoms with E-state index in [9.17, 15) is 9.90 Å². The van der Waals surface area contributed by atoms with Crippen molar-refractivity contribution in [3.63, 3.8) is 0 Å². The van der Waals surface area contributed by atoms with Crippen LogP contribution in [0.25, 0.3) is 6.08 Å². The minimum Gasteiger partial charge on any atom is -0.508 e. The maximum Gasteiger partial charge on any atom is 0.244 e. The number of hydrogen-bond acceptors (Lipinski definition) is 6. The van der Waals surface area contributed by atoms with Gasteiger partial charge in [0, 0.05) is 42.2 Å². The van der Waals surface area contributed by atoms with E-state index >= 15 is 0 Å². The quantitative estimate of drug-likeness (QED) is 0.617. The summed E-state index contributed by atoms with van der Waals surface area (Å²) >= 11 is 0. The monoisotopic (exact) mass is 286 g/mol. The van der Waals surface area contributed by atoms with E-state index in [0.717, 1.165) is 0 Å². The molecule has 2 rings (SSSR count). The van der Waals surface area contributed by atoms with Gasteiger partial charge in [-0.2, -0.15) is 0 Å². The van der Waals surface area contributed by atoms with Crippen LogP contribution in [0.4, 0.5) is 5.95 Å². The van der Waals surface area contributed by atoms with Crippen molar-refractivity contribution in [1.29, 1.82) is 0 Å². The zero-order chi connectivity index (χ0) is 15.2. The van der Waals surface area contributed by atoms with Crippen LogP contribution in [0.3, 0.4) is 0 Å². The van der Waals surface area contributed by atoms with E-state index in [4.69, 9.17) is 10.8 Å². The van der Waals surface area contributed by atoms with Crippen LogP contribution in [-0.4, -0.2) is 26.1 Å². The number of nitrogens with one attached hydrogen (secondary N) is 1. The first-order valence-electron chi connectivity index (χ1n) is 6.09. The van der Waals surface area contributed by atoms with Crippen LogP contribution in [0, 0.1) is 0 Å². The average Bonchev–Trinajstić information content (AvgIpc) is 2.46. The lowest BCUT2D eigenvalue weighted by Gasteiger charge is -2.05. The normalized spacial score (nSPS) is 10.7. The summed E-state index contributed by atoms with van der Waals surface area (Å²) in [6.45, 7) is 0.146. The Morgan fingerprint density at radius 2 is 2.00 bits per heavy atom. The van der Waals surface area contributed by atoms with Crippen molar-refractivity contribution in [2.45, 2.75) is 6.54 Å². The van der Waals surface area contributed by atoms with E-state index in [1.165, 1.54) is 36.7 Å². The number of aromatic hydroxyl groups is 2. The molecule has 5 N–H and O–H groups in total. The van der Waals surface area contributed by atoms with Gasteiger partial charge in [-0.1, -0.05) is 0 Å². The van der Waals surface area contributed by atoms with Crippen LogP contribution < -0.4 is 11.1 Å². The zero-order valence-corrected chi connectivity index (χ0v) is 11.0. The number of nitrogens with two attached hydrogens (primary N) is 1. The third-order valence-electron chi connectivity index (χ3n) is 2.64. The third-order valence-corrected chi connectivity index (χ3v) is 2.64. The lowest BCUT2D eigenvalue weighted by molar-refractivity contribution is -0.116. The Morgan fingerprint density at radius 1 is 1.29 bits per heavy atom. The molecule has 0 aliphatic carbocycles. The first-order chi connectivity index (χ1) is 10.0. The maximum absolute atomic E-state index is 11.6. The van der Waals surface area contributed by atoms with Crippen molar-refractivity contribution >= 4 is 17.9 Å². The third kappa shape index (κ3) is 4.20. The first kappa shape index (κ1) is 14.3. The predicted octanol–water partition coefficient (Wildman–Crippen LogP) is 0.800. The smallest absolute Gasteiger partial charge is 0.244 e. The van der Waals surface area contributed by atoms with E-state index in [2.05, 4.69) is 15.3 Å². The van der Waals surface area contributed by atoms with Gasteiger partial charge in [-0.3, -0.25) is 4.79 Å². The molecule has 108 valence electrons. The standard InChI is InChI=1S/C14H14N4O3/c15-14-17-6-9(7-18-14)1-4-13(21)16-8-10-2-3-11(19)5-12(10)20/h1-7,19-20H,8H2,(H,16,21)(H2,15,17,18)/b4-1+. The van der Waals surface area contributed by atoms with E-state index in [1.807, 2.05) is 0 Å². The number of aromatic nitrogens is 2. The number of amides is 1. The summed E-state index contributed by atoms with van der Waals surface area (Å²) in [5.74, 6) is -0.282. The van der Waals surface area contributed by atoms with Crippen LogP contribution in [0.5, 0.6) is 11.5 Å². The summed E-state index contributed by atoms with van der Waals surface area (Å²) in [4.78, 5) is 19.2. The molecule has 0 radical (unpaired) electrons. The van der Waals surface area contributed by atoms with Gasteiger partial charge in [0.1, 0.15) is 11.5 Å². The van der Waals surface area contributed by atoms with E-state index in [0.29, 0.717) is 11.1 Å². The lowest BCUT2D eigenvalue weighted by Crippen LogP contribution is -2.20. The number of rotatable bonds is 4. The fraction of sp³-hybridized carbons (Fsp3) is 0.0714. The number of anilines is 1. The maximum atomic E-state index is 11.6. The topological polar surface area (TPSA) is 121 Å². The number of hydrogen-bond donors (Lipinski definition) is 4. The summed E-state index contributed by atoms with van der Waals surface area (Å²) in [7, 11) is 0. The molecule has 0 spiro atoms. The molecule has 1 amide bonds. The Bertz CT molecular complexity index is 668. The Labute approximate surface area is 120 Å². The minimum atomic E-state index is -0.334. The van der Waals surface area contributed by atoms with Gasteiger partial charge in [0.15, 0.2) is 0 Å². The fourth-order valence-corrected chi connectivity index (χ4v) is 1.55. The van der Waals surface area contributed by atoms with Gasteiger partial charge in [0.2, 0.25) is 11.9 Å². The van der Waals surface area contributed by atoms with Gasteiger partial charge in [0.05, 0.1) is 0 Å². The molecule has 2 aromatic rings. The molecule has 0 saturated carbocycles. The molecule has 7 nitrogen and oxygen atoms in total. The van der Waals surface area contributed by atoms with Crippen molar-refractivity contribution in [2.24, 2.45) is 0 Å². The number of phenolic OH excluding ortho intramolecular Hbond substituents is 2. The summed E-state index contributed by atoms with van der Waals surface area (Å²) in [6.07, 6.45) is 5.87. The molecule has 1 heterocycles. The molecule has 0 aliphatic rings. The Balaban J connectivity index is 1.91. The summed E-state index contributed by atoms with van der Waals surface area (Å²) in [5.41, 5.74) is 6.50. The number of carbonyl (C=O) groups is 1. The number of nitrogen functional groups attached to an aromatic ring is 1. The van der Waals surface area contributed by atoms with Crippen molar-refractivity contribution in [3.8, 4) is 11.5 Å². The first-order valence-corrected chi connectivity index (χ1v) is 6.09. The van der Waals surface area contributed by atoms with Gasteiger partial charge in [-0.05, 0) is 18.2 Å². The molecule has 21 heavy (non-hydrogen) atoms. The summed E-state index contributed by atoms with van der Waals surface area (Å²) in [6, 6.07) is 4.17. The molecule has 0 bridgehead atoms. The van der Waals surface area contributed by atoms with Gasteiger partial charge in [0.25, 0.3) is 0 Å². The second-order valence-electron chi connectivity index (χ2n) is 4.24. The molecular weight excluding hydrogens is 272 g/mol. The zero-order valence-electron chi connectivity index (χ0n) is 11.0. The molecule has 1 aromatic carbocycles. The van der Waals surface area contributed by atoms with Crippen LogP contribution in [-0.2, 0) is 11.3 Å². The fourth-order valence-electron chi connectivity index (χ4n) is 1.55. The van der Waals surface area contributed by atoms with Gasteiger partial charge < -0.3 is 21.3 Å². The van der Waals surface area contributed by atoms with Crippen molar-refractivity contribution in [3.05, 3.63) is 47.8 Å². The van der Waals surface area contributed by atoms with Crippen LogP contribution >= 0.6 is 0 Å². The largest absolute Gasteiger partial charge is 0.508 e. The molecule has 0 fully saturated rings. The Morgan fingerprint density at radius 3 is 2.67 bits per heavy atom. The van der Waals surface area contributed by atoms with Crippen LogP contribution in [0.15, 0.2) is 36.7 Å². The average molecular weight is 286 g/mol. The van der Waals surface area contributed by atoms with Crippen molar-refractivity contribution in [1.82, 2.24) is 15.3 Å². The van der Waals surface area contributed by atoms with Crippen LogP contribution in [0.2, 0.25) is 0 Å². The lowest BCUT2D eigenvalue weighted by atomic mass is 10.2. The van der Waals surface area contributed by atoms with E-state index in [1.54, 1.807) is 6.08 Å². The van der Waals surface area contributed by atoms with Gasteiger partial charge in [-0.25, -0.2) is 9.97 Å². The highest BCUT2D eigenvalue weighted by Crippen LogP contribution is 2.22. The Hall–Kier alpha value is -3.09. The number of phenols is 2. The molecule has 0 saturated heterocycles. The Kier molecular flexibility index (Phi) is 4.35. The highest BCUT2D eigenvalue weighted by molar-refractivity contribution is 5.91. The molecule has 0 aliphatic heterocycles. The van der Waals surface area contributed by atoms with Crippen molar-refractivity contribution in [2.75, 3.05) is 5.73 Å².